The summed E-state index contributed by atoms with van der Waals surface area (Å²) < 4.78 is 38.6. The summed E-state index contributed by atoms with van der Waals surface area (Å²) in [5.41, 5.74) is -0.500. The number of nitrogens with one attached hydrogen (secondary N) is 1. The molecule has 0 saturated carbocycles. The number of rotatable bonds is 4. The Balaban J connectivity index is 1.77. The summed E-state index contributed by atoms with van der Waals surface area (Å²) in [4.78, 5) is 37.3. The molecule has 2 aromatic carbocycles. The number of nitro groups is 1. The molecule has 1 heterocycles. The summed E-state index contributed by atoms with van der Waals surface area (Å²) >= 11 is 0. The maximum absolute atomic E-state index is 12.9. The van der Waals surface area contributed by atoms with Gasteiger partial charge in [0, 0.05) is 29.4 Å². The lowest BCUT2D eigenvalue weighted by Crippen LogP contribution is -2.43. The van der Waals surface area contributed by atoms with Crippen molar-refractivity contribution in [3.63, 3.8) is 0 Å². The monoisotopic (exact) mass is 421 g/mol. The number of hydrogen-bond donors (Lipinski definition) is 1. The van der Waals surface area contributed by atoms with Crippen molar-refractivity contribution in [2.24, 2.45) is 0 Å². The first-order chi connectivity index (χ1) is 14.1. The minimum absolute atomic E-state index is 0.0136. The molecule has 2 amide bonds. The highest BCUT2D eigenvalue weighted by atomic mass is 19.4. The van der Waals surface area contributed by atoms with Gasteiger partial charge < -0.3 is 10.2 Å². The zero-order valence-corrected chi connectivity index (χ0v) is 15.9. The quantitative estimate of drug-likeness (QED) is 0.593. The van der Waals surface area contributed by atoms with Crippen LogP contribution in [0.1, 0.15) is 34.3 Å². The average molecular weight is 421 g/mol. The SMILES string of the molecule is Cc1cc(C(=O)N2CCCC2C(=O)Nc2cccc(C(F)(F)F)c2)ccc1[N+](=O)[O-]. The fourth-order valence-electron chi connectivity index (χ4n) is 3.44. The largest absolute Gasteiger partial charge is 0.416 e. The molecule has 0 spiro atoms. The Morgan fingerprint density at radius 1 is 1.20 bits per heavy atom. The topological polar surface area (TPSA) is 92.6 Å². The maximum atomic E-state index is 12.9. The molecule has 1 saturated heterocycles. The van der Waals surface area contributed by atoms with Gasteiger partial charge >= 0.3 is 6.18 Å². The maximum Gasteiger partial charge on any atom is 0.416 e. The van der Waals surface area contributed by atoms with Crippen molar-refractivity contribution in [3.8, 4) is 0 Å². The molecule has 30 heavy (non-hydrogen) atoms. The second-order valence-electron chi connectivity index (χ2n) is 6.98. The summed E-state index contributed by atoms with van der Waals surface area (Å²) in [7, 11) is 0. The van der Waals surface area contributed by atoms with Crippen molar-refractivity contribution >= 4 is 23.2 Å². The molecular weight excluding hydrogens is 403 g/mol. The molecule has 1 aliphatic heterocycles. The lowest BCUT2D eigenvalue weighted by Gasteiger charge is -2.24. The molecule has 1 atom stereocenters. The Kier molecular flexibility index (Phi) is 5.77. The molecule has 1 aliphatic rings. The van der Waals surface area contributed by atoms with E-state index in [2.05, 4.69) is 5.32 Å². The Labute approximate surface area is 169 Å². The highest BCUT2D eigenvalue weighted by Gasteiger charge is 2.35. The lowest BCUT2D eigenvalue weighted by atomic mass is 10.1. The van der Waals surface area contributed by atoms with Crippen LogP contribution in [0.15, 0.2) is 42.5 Å². The van der Waals surface area contributed by atoms with E-state index in [4.69, 9.17) is 0 Å². The molecular formula is C20H18F3N3O4. The number of aryl methyl sites for hydroxylation is 1. The number of nitro benzene ring substituents is 1. The molecule has 1 unspecified atom stereocenters. The highest BCUT2D eigenvalue weighted by Crippen LogP contribution is 2.31. The number of carbonyl (C=O) groups excluding carboxylic acids is 2. The van der Waals surface area contributed by atoms with Crippen molar-refractivity contribution in [2.75, 3.05) is 11.9 Å². The van der Waals surface area contributed by atoms with E-state index >= 15 is 0 Å². The Morgan fingerprint density at radius 3 is 2.57 bits per heavy atom. The first-order valence-corrected chi connectivity index (χ1v) is 9.12. The zero-order chi connectivity index (χ0) is 22.1. The van der Waals surface area contributed by atoms with Crippen molar-refractivity contribution in [1.82, 2.24) is 4.90 Å². The van der Waals surface area contributed by atoms with Gasteiger partial charge in [0.25, 0.3) is 11.6 Å². The predicted octanol–water partition coefficient (Wildman–Crippen LogP) is 4.17. The summed E-state index contributed by atoms with van der Waals surface area (Å²) in [6, 6.07) is 7.37. The number of likely N-dealkylation sites (tertiary alicyclic amines) is 1. The minimum Gasteiger partial charge on any atom is -0.327 e. The number of alkyl halides is 3. The Morgan fingerprint density at radius 2 is 1.93 bits per heavy atom. The molecule has 0 aromatic heterocycles. The van der Waals surface area contributed by atoms with Gasteiger partial charge in [0.2, 0.25) is 5.91 Å². The molecule has 10 heteroatoms. The van der Waals surface area contributed by atoms with Crippen LogP contribution >= 0.6 is 0 Å². The van der Waals surface area contributed by atoms with E-state index in [0.717, 1.165) is 12.1 Å². The van der Waals surface area contributed by atoms with Gasteiger partial charge in [-0.3, -0.25) is 19.7 Å². The molecule has 0 aliphatic carbocycles. The van der Waals surface area contributed by atoms with Crippen LogP contribution in [-0.4, -0.2) is 34.2 Å². The van der Waals surface area contributed by atoms with Crippen molar-refractivity contribution in [1.29, 1.82) is 0 Å². The van der Waals surface area contributed by atoms with Crippen LogP contribution in [0.4, 0.5) is 24.5 Å². The fourth-order valence-corrected chi connectivity index (χ4v) is 3.44. The van der Waals surface area contributed by atoms with Crippen molar-refractivity contribution in [2.45, 2.75) is 32.0 Å². The Hall–Kier alpha value is -3.43. The van der Waals surface area contributed by atoms with Gasteiger partial charge in [0.15, 0.2) is 0 Å². The van der Waals surface area contributed by atoms with E-state index in [1.807, 2.05) is 0 Å². The van der Waals surface area contributed by atoms with Gasteiger partial charge in [-0.1, -0.05) is 6.07 Å². The smallest absolute Gasteiger partial charge is 0.327 e. The van der Waals surface area contributed by atoms with Crippen LogP contribution in [0.25, 0.3) is 0 Å². The van der Waals surface area contributed by atoms with E-state index in [-0.39, 0.29) is 16.9 Å². The summed E-state index contributed by atoms with van der Waals surface area (Å²) in [6.07, 6.45) is -3.62. The van der Waals surface area contributed by atoms with Gasteiger partial charge in [0.1, 0.15) is 6.04 Å². The lowest BCUT2D eigenvalue weighted by molar-refractivity contribution is -0.385. The molecule has 0 radical (unpaired) electrons. The van der Waals surface area contributed by atoms with E-state index < -0.39 is 34.5 Å². The summed E-state index contributed by atoms with van der Waals surface area (Å²) in [5, 5.41) is 13.4. The van der Waals surface area contributed by atoms with Gasteiger partial charge in [-0.25, -0.2) is 0 Å². The number of carbonyl (C=O) groups is 2. The molecule has 3 rings (SSSR count). The normalized spacial score (nSPS) is 16.4. The first kappa shape index (κ1) is 21.3. The number of halogens is 3. The second-order valence-corrected chi connectivity index (χ2v) is 6.98. The number of amides is 2. The van der Waals surface area contributed by atoms with Crippen molar-refractivity contribution in [3.05, 3.63) is 69.3 Å². The van der Waals surface area contributed by atoms with Crippen molar-refractivity contribution < 1.29 is 27.7 Å². The third-order valence-corrected chi connectivity index (χ3v) is 4.91. The van der Waals surface area contributed by atoms with Crippen LogP contribution in [0.5, 0.6) is 0 Å². The number of anilines is 1. The number of nitrogens with zero attached hydrogens (tertiary/aromatic N) is 2. The van der Waals surface area contributed by atoms with E-state index in [1.165, 1.54) is 42.2 Å². The third-order valence-electron chi connectivity index (χ3n) is 4.91. The van der Waals surface area contributed by atoms with Gasteiger partial charge in [-0.15, -0.1) is 0 Å². The molecule has 7 nitrogen and oxygen atoms in total. The molecule has 158 valence electrons. The second kappa shape index (κ2) is 8.13. The number of hydrogen-bond acceptors (Lipinski definition) is 4. The first-order valence-electron chi connectivity index (χ1n) is 9.12. The zero-order valence-electron chi connectivity index (χ0n) is 15.9. The van der Waals surface area contributed by atoms with E-state index in [1.54, 1.807) is 0 Å². The third kappa shape index (κ3) is 4.42. The average Bonchev–Trinajstić information content (AvgIpc) is 3.16. The fraction of sp³-hybridized carbons (Fsp3) is 0.300. The molecule has 2 aromatic rings. The van der Waals surface area contributed by atoms with Crippen LogP contribution in [0.3, 0.4) is 0 Å². The van der Waals surface area contributed by atoms with Crippen LogP contribution in [-0.2, 0) is 11.0 Å². The van der Waals surface area contributed by atoms with E-state index in [0.29, 0.717) is 24.9 Å². The van der Waals surface area contributed by atoms with E-state index in [9.17, 15) is 32.9 Å². The minimum atomic E-state index is -4.54. The Bertz CT molecular complexity index is 1010. The van der Waals surface area contributed by atoms with Crippen LogP contribution < -0.4 is 5.32 Å². The molecule has 0 bridgehead atoms. The molecule has 1 fully saturated rings. The summed E-state index contributed by atoms with van der Waals surface area (Å²) in [6.45, 7) is 1.81. The van der Waals surface area contributed by atoms with Gasteiger partial charge in [-0.05, 0) is 50.1 Å². The predicted molar refractivity (Wildman–Crippen MR) is 102 cm³/mol. The molecule has 1 N–H and O–H groups in total. The summed E-state index contributed by atoms with van der Waals surface area (Å²) in [5.74, 6) is -1.05. The van der Waals surface area contributed by atoms with Gasteiger partial charge in [0.05, 0.1) is 10.5 Å². The van der Waals surface area contributed by atoms with Crippen LogP contribution in [0, 0.1) is 17.0 Å². The highest BCUT2D eigenvalue weighted by molar-refractivity contribution is 6.01. The van der Waals surface area contributed by atoms with Crippen LogP contribution in [0.2, 0.25) is 0 Å². The number of benzene rings is 2. The van der Waals surface area contributed by atoms with Gasteiger partial charge in [-0.2, -0.15) is 13.2 Å². The standard InChI is InChI=1S/C20H18F3N3O4/c1-12-10-13(7-8-16(12)26(29)30)19(28)25-9-3-6-17(25)18(27)24-15-5-2-4-14(11-15)20(21,22)23/h2,4-5,7-8,10-11,17H,3,6,9H2,1H3,(H,24,27).